The molecule has 2 nitrogen and oxygen atoms in total. The summed E-state index contributed by atoms with van der Waals surface area (Å²) in [6, 6.07) is 0. The van der Waals surface area contributed by atoms with Crippen LogP contribution in [0.4, 0.5) is 0 Å². The summed E-state index contributed by atoms with van der Waals surface area (Å²) in [6.45, 7) is 6.34. The lowest BCUT2D eigenvalue weighted by Gasteiger charge is -1.91. The Hall–Kier alpha value is -0.0800. The Bertz CT molecular complexity index is 52.0. The number of hydrogen-bond acceptors (Lipinski definition) is 2. The molecule has 1 heterocycles. The topological polar surface area (TPSA) is 24.6 Å². The first kappa shape index (κ1) is 5.06. The van der Waals surface area contributed by atoms with Crippen LogP contribution in [-0.4, -0.2) is 25.8 Å². The lowest BCUT2D eigenvalue weighted by atomic mass is 10.5. The minimum Gasteiger partial charge on any atom is -0.372 e. The van der Waals surface area contributed by atoms with Crippen LogP contribution in [0.5, 0.6) is 0 Å². The predicted molar refractivity (Wildman–Crippen MR) is 28.0 cm³/mol. The van der Waals surface area contributed by atoms with Crippen molar-refractivity contribution in [2.75, 3.05) is 19.7 Å². The Morgan fingerprint density at radius 1 is 1.86 bits per heavy atom. The molecule has 1 saturated heterocycles. The molecule has 0 aromatic rings. The van der Waals surface area contributed by atoms with Crippen LogP contribution in [0.15, 0.2) is 0 Å². The van der Waals surface area contributed by atoms with Crippen molar-refractivity contribution >= 4 is 0 Å². The normalized spacial score (nSPS) is 27.9. The first-order valence-corrected chi connectivity index (χ1v) is 2.55. The highest BCUT2D eigenvalue weighted by Crippen LogP contribution is 2.05. The minimum atomic E-state index is 0.502. The second-order valence-corrected chi connectivity index (χ2v) is 1.66. The van der Waals surface area contributed by atoms with Crippen LogP contribution in [0.25, 0.3) is 0 Å². The molecule has 1 unspecified atom stereocenters. The van der Waals surface area contributed by atoms with Crippen molar-refractivity contribution in [3.63, 3.8) is 0 Å². The van der Waals surface area contributed by atoms with Gasteiger partial charge < -0.3 is 10.1 Å². The van der Waals surface area contributed by atoms with Gasteiger partial charge in [0.15, 0.2) is 0 Å². The van der Waals surface area contributed by atoms with Crippen LogP contribution < -0.4 is 5.32 Å². The van der Waals surface area contributed by atoms with Gasteiger partial charge in [0, 0.05) is 6.54 Å². The monoisotopic (exact) mass is 100 g/mol. The maximum atomic E-state index is 4.92. The molecular formula is C5H10NO. The maximum absolute atomic E-state index is 4.92. The summed E-state index contributed by atoms with van der Waals surface area (Å²) in [5, 5.41) is 3.07. The Kier molecular flexibility index (Phi) is 1.65. The molecule has 1 rings (SSSR count). The van der Waals surface area contributed by atoms with Gasteiger partial charge in [0.2, 0.25) is 0 Å². The van der Waals surface area contributed by atoms with Gasteiger partial charge in [-0.2, -0.15) is 0 Å². The van der Waals surface area contributed by atoms with Crippen molar-refractivity contribution < 1.29 is 4.74 Å². The van der Waals surface area contributed by atoms with E-state index < -0.39 is 0 Å². The highest BCUT2D eigenvalue weighted by atomic mass is 16.6. The van der Waals surface area contributed by atoms with Crippen molar-refractivity contribution in [1.82, 2.24) is 5.32 Å². The lowest BCUT2D eigenvalue weighted by molar-refractivity contribution is 0.400. The van der Waals surface area contributed by atoms with Gasteiger partial charge in [-0.25, -0.2) is 0 Å². The van der Waals surface area contributed by atoms with E-state index in [1.807, 2.05) is 0 Å². The summed E-state index contributed by atoms with van der Waals surface area (Å²) >= 11 is 0. The molecule has 1 aliphatic rings. The zero-order valence-corrected chi connectivity index (χ0v) is 4.31. The zero-order chi connectivity index (χ0) is 5.11. The van der Waals surface area contributed by atoms with Gasteiger partial charge in [-0.15, -0.1) is 0 Å². The van der Waals surface area contributed by atoms with Crippen LogP contribution in [0.3, 0.4) is 0 Å². The Morgan fingerprint density at radius 3 is 3.00 bits per heavy atom. The van der Waals surface area contributed by atoms with Crippen LogP contribution in [0.1, 0.15) is 0 Å². The van der Waals surface area contributed by atoms with Gasteiger partial charge in [0.05, 0.1) is 12.7 Å². The highest BCUT2D eigenvalue weighted by molar-refractivity contribution is 4.71. The van der Waals surface area contributed by atoms with Gasteiger partial charge >= 0.3 is 0 Å². The molecular weight excluding hydrogens is 90.1 g/mol. The fraction of sp³-hybridized carbons (Fsp3) is 0.800. The molecule has 0 saturated carbocycles. The number of ether oxygens (including phenoxy) is 1. The van der Waals surface area contributed by atoms with E-state index in [2.05, 4.69) is 12.2 Å². The van der Waals surface area contributed by atoms with E-state index in [4.69, 9.17) is 4.74 Å². The molecule has 0 aromatic carbocycles. The van der Waals surface area contributed by atoms with Crippen molar-refractivity contribution in [2.24, 2.45) is 0 Å². The number of nitrogens with one attached hydrogen (secondary N) is 1. The molecule has 0 spiro atoms. The average Bonchev–Trinajstić information content (AvgIpc) is 2.42. The third-order valence-electron chi connectivity index (χ3n) is 0.951. The summed E-state index contributed by atoms with van der Waals surface area (Å²) in [7, 11) is 0. The highest BCUT2D eigenvalue weighted by Gasteiger charge is 2.20. The summed E-state index contributed by atoms with van der Waals surface area (Å²) in [5.74, 6) is 0. The van der Waals surface area contributed by atoms with E-state index in [0.29, 0.717) is 6.10 Å². The maximum Gasteiger partial charge on any atom is 0.0933 e. The van der Waals surface area contributed by atoms with Crippen LogP contribution in [-0.2, 0) is 4.74 Å². The quantitative estimate of drug-likeness (QED) is 0.497. The second kappa shape index (κ2) is 2.28. The fourth-order valence-electron chi connectivity index (χ4n) is 0.449. The summed E-state index contributed by atoms with van der Waals surface area (Å²) in [4.78, 5) is 0. The van der Waals surface area contributed by atoms with Crippen molar-refractivity contribution in [1.29, 1.82) is 0 Å². The SMILES string of the molecule is [CH2]CNCC1CO1. The first-order chi connectivity index (χ1) is 3.43. The molecule has 2 heteroatoms. The average molecular weight is 100 g/mol. The molecule has 7 heavy (non-hydrogen) atoms. The smallest absolute Gasteiger partial charge is 0.0933 e. The molecule has 1 radical (unpaired) electrons. The zero-order valence-electron chi connectivity index (χ0n) is 4.31. The number of hydrogen-bond donors (Lipinski definition) is 1. The predicted octanol–water partition coefficient (Wildman–Crippen LogP) is -0.191. The molecule has 0 aliphatic carbocycles. The van der Waals surface area contributed by atoms with Crippen molar-refractivity contribution in [3.8, 4) is 0 Å². The Labute approximate surface area is 43.9 Å². The van der Waals surface area contributed by atoms with E-state index in [9.17, 15) is 0 Å². The standard InChI is InChI=1S/C5H10NO/c1-2-6-3-5-4-7-5/h5-6H,1-4H2. The largest absolute Gasteiger partial charge is 0.372 e. The van der Waals surface area contributed by atoms with Crippen molar-refractivity contribution in [3.05, 3.63) is 6.92 Å². The van der Waals surface area contributed by atoms with E-state index in [1.54, 1.807) is 0 Å². The van der Waals surface area contributed by atoms with Gasteiger partial charge in [0.1, 0.15) is 0 Å². The molecule has 1 fully saturated rings. The Balaban J connectivity index is 1.80. The minimum absolute atomic E-state index is 0.502. The van der Waals surface area contributed by atoms with E-state index in [0.717, 1.165) is 19.7 Å². The van der Waals surface area contributed by atoms with Crippen LogP contribution in [0, 0.1) is 6.92 Å². The molecule has 0 aromatic heterocycles. The van der Waals surface area contributed by atoms with E-state index >= 15 is 0 Å². The molecule has 0 bridgehead atoms. The summed E-state index contributed by atoms with van der Waals surface area (Å²) in [6.07, 6.45) is 0.502. The Morgan fingerprint density at radius 2 is 2.57 bits per heavy atom. The van der Waals surface area contributed by atoms with Gasteiger partial charge in [0.25, 0.3) is 0 Å². The third kappa shape index (κ3) is 1.90. The molecule has 1 aliphatic heterocycles. The molecule has 0 amide bonds. The molecule has 1 N–H and O–H groups in total. The van der Waals surface area contributed by atoms with Crippen LogP contribution >= 0.6 is 0 Å². The van der Waals surface area contributed by atoms with Crippen molar-refractivity contribution in [2.45, 2.75) is 6.10 Å². The number of epoxide rings is 1. The van der Waals surface area contributed by atoms with Crippen LogP contribution in [0.2, 0.25) is 0 Å². The molecule has 1 atom stereocenters. The summed E-state index contributed by atoms with van der Waals surface area (Å²) in [5.41, 5.74) is 0. The molecule has 41 valence electrons. The first-order valence-electron chi connectivity index (χ1n) is 2.55. The lowest BCUT2D eigenvalue weighted by Crippen LogP contribution is -2.18. The number of rotatable bonds is 3. The van der Waals surface area contributed by atoms with Gasteiger partial charge in [-0.1, -0.05) is 0 Å². The van der Waals surface area contributed by atoms with E-state index in [1.165, 1.54) is 0 Å². The van der Waals surface area contributed by atoms with Gasteiger partial charge in [-0.05, 0) is 13.5 Å². The fourth-order valence-corrected chi connectivity index (χ4v) is 0.449. The second-order valence-electron chi connectivity index (χ2n) is 1.66. The van der Waals surface area contributed by atoms with Gasteiger partial charge in [-0.3, -0.25) is 0 Å². The summed E-state index contributed by atoms with van der Waals surface area (Å²) < 4.78 is 4.92. The third-order valence-corrected chi connectivity index (χ3v) is 0.951. The van der Waals surface area contributed by atoms with E-state index in [-0.39, 0.29) is 0 Å².